The van der Waals surface area contributed by atoms with Gasteiger partial charge in [0.05, 0.1) is 11.6 Å². The number of halogens is 1. The molecule has 0 saturated heterocycles. The molecule has 0 spiro atoms. The number of aliphatic hydroxyl groups excluding tert-OH is 1. The topological polar surface area (TPSA) is 70.8 Å². The summed E-state index contributed by atoms with van der Waals surface area (Å²) in [6.45, 7) is 4.19. The summed E-state index contributed by atoms with van der Waals surface area (Å²) < 4.78 is 6.66. The molecule has 1 aliphatic rings. The minimum Gasteiger partial charge on any atom is -0.503 e. The van der Waals surface area contributed by atoms with Crippen molar-refractivity contribution in [2.45, 2.75) is 25.8 Å². The Morgan fingerprint density at radius 1 is 1.00 bits per heavy atom. The number of carbonyl (C=O) groups excluding carboxylic acids is 2. The van der Waals surface area contributed by atoms with Gasteiger partial charge in [0.2, 0.25) is 5.78 Å². The molecule has 4 aromatic rings. The van der Waals surface area contributed by atoms with E-state index in [4.69, 9.17) is 4.42 Å². The quantitative estimate of drug-likeness (QED) is 0.287. The monoisotopic (exact) mass is 515 g/mol. The third kappa shape index (κ3) is 3.74. The van der Waals surface area contributed by atoms with E-state index < -0.39 is 23.5 Å². The molecule has 5 rings (SSSR count). The lowest BCUT2D eigenvalue weighted by Crippen LogP contribution is -2.31. The number of hydrogen-bond donors (Lipinski definition) is 1. The van der Waals surface area contributed by atoms with Crippen LogP contribution in [0.3, 0.4) is 0 Å². The molecule has 1 aromatic heterocycles. The van der Waals surface area contributed by atoms with E-state index in [1.807, 2.05) is 66.7 Å². The predicted molar refractivity (Wildman–Crippen MR) is 135 cm³/mol. The lowest BCUT2D eigenvalue weighted by atomic mass is 9.94. The molecule has 1 atom stereocenters. The molecular formula is C28H22BrNO4. The lowest BCUT2D eigenvalue weighted by Gasteiger charge is -2.27. The molecule has 0 aliphatic carbocycles. The standard InChI is InChI=1S/C28H22BrNO4/c1-16(2)17-8-11-21(12-9-17)30-25(18-6-4-3-5-7-18)24(27(32)28(30)33)26(31)23-15-19-14-20(29)10-13-22(19)34-23/h3-16,25,32H,1-2H3. The lowest BCUT2D eigenvalue weighted by molar-refractivity contribution is -0.117. The number of rotatable bonds is 5. The molecule has 2 heterocycles. The van der Waals surface area contributed by atoms with Crippen molar-refractivity contribution in [1.29, 1.82) is 0 Å². The van der Waals surface area contributed by atoms with Gasteiger partial charge in [0.15, 0.2) is 11.5 Å². The highest BCUT2D eigenvalue weighted by atomic mass is 79.9. The van der Waals surface area contributed by atoms with Crippen LogP contribution in [0.5, 0.6) is 0 Å². The first-order chi connectivity index (χ1) is 16.3. The van der Waals surface area contributed by atoms with Crippen molar-refractivity contribution >= 4 is 44.3 Å². The van der Waals surface area contributed by atoms with Crippen molar-refractivity contribution in [2.75, 3.05) is 4.90 Å². The van der Waals surface area contributed by atoms with Gasteiger partial charge < -0.3 is 9.52 Å². The summed E-state index contributed by atoms with van der Waals surface area (Å²) in [6.07, 6.45) is 0. The van der Waals surface area contributed by atoms with Crippen LogP contribution in [0.15, 0.2) is 99.1 Å². The molecule has 5 nitrogen and oxygen atoms in total. The van der Waals surface area contributed by atoms with Crippen LogP contribution in [0.25, 0.3) is 11.0 Å². The highest BCUT2D eigenvalue weighted by molar-refractivity contribution is 9.10. The van der Waals surface area contributed by atoms with Crippen LogP contribution < -0.4 is 4.90 Å². The van der Waals surface area contributed by atoms with E-state index in [0.717, 1.165) is 21.0 Å². The minimum atomic E-state index is -0.786. The molecule has 0 fully saturated rings. The van der Waals surface area contributed by atoms with E-state index in [1.54, 1.807) is 12.1 Å². The van der Waals surface area contributed by atoms with Crippen molar-refractivity contribution in [3.63, 3.8) is 0 Å². The normalized spacial score (nSPS) is 16.2. The number of ketones is 1. The first kappa shape index (κ1) is 22.2. The highest BCUT2D eigenvalue weighted by Gasteiger charge is 2.45. The second-order valence-electron chi connectivity index (χ2n) is 8.62. The molecule has 0 saturated carbocycles. The van der Waals surface area contributed by atoms with E-state index in [1.165, 1.54) is 4.90 Å². The van der Waals surface area contributed by atoms with Crippen LogP contribution in [-0.4, -0.2) is 16.8 Å². The number of benzene rings is 3. The molecule has 3 aromatic carbocycles. The van der Waals surface area contributed by atoms with Crippen molar-refractivity contribution < 1.29 is 19.1 Å². The van der Waals surface area contributed by atoms with Crippen molar-refractivity contribution in [3.05, 3.63) is 112 Å². The Morgan fingerprint density at radius 2 is 1.71 bits per heavy atom. The predicted octanol–water partition coefficient (Wildman–Crippen LogP) is 7.10. The smallest absolute Gasteiger partial charge is 0.294 e. The van der Waals surface area contributed by atoms with Crippen molar-refractivity contribution in [1.82, 2.24) is 0 Å². The fourth-order valence-electron chi connectivity index (χ4n) is 4.33. The Bertz CT molecular complexity index is 1430. The third-order valence-electron chi connectivity index (χ3n) is 6.11. The van der Waals surface area contributed by atoms with Gasteiger partial charge in [-0.2, -0.15) is 0 Å². The zero-order chi connectivity index (χ0) is 24.0. The summed E-state index contributed by atoms with van der Waals surface area (Å²) in [5, 5.41) is 11.7. The third-order valence-corrected chi connectivity index (χ3v) is 6.60. The Morgan fingerprint density at radius 3 is 2.38 bits per heavy atom. The number of amides is 1. The largest absolute Gasteiger partial charge is 0.503 e. The summed E-state index contributed by atoms with van der Waals surface area (Å²) in [5.74, 6) is -1.29. The van der Waals surface area contributed by atoms with E-state index >= 15 is 0 Å². The molecule has 0 bridgehead atoms. The Hall–Kier alpha value is -3.64. The summed E-state index contributed by atoms with van der Waals surface area (Å²) in [7, 11) is 0. The SMILES string of the molecule is CC(C)c1ccc(N2C(=O)C(O)=C(C(=O)c3cc4cc(Br)ccc4o3)C2c2ccccc2)cc1. The number of nitrogens with zero attached hydrogens (tertiary/aromatic N) is 1. The maximum atomic E-state index is 13.7. The van der Waals surface area contributed by atoms with Crippen LogP contribution in [0.1, 0.15) is 47.5 Å². The summed E-state index contributed by atoms with van der Waals surface area (Å²) >= 11 is 3.42. The van der Waals surface area contributed by atoms with Crippen LogP contribution in [0.2, 0.25) is 0 Å². The number of anilines is 1. The second kappa shape index (κ2) is 8.61. The Labute approximate surface area is 205 Å². The summed E-state index contributed by atoms with van der Waals surface area (Å²) in [5.41, 5.74) is 3.00. The fraction of sp³-hybridized carbons (Fsp3) is 0.143. The number of fused-ring (bicyclic) bond motifs is 1. The van der Waals surface area contributed by atoms with Gasteiger partial charge in [-0.1, -0.05) is 72.2 Å². The molecule has 1 N–H and O–H groups in total. The molecule has 0 radical (unpaired) electrons. The van der Waals surface area contributed by atoms with Gasteiger partial charge in [0.1, 0.15) is 5.58 Å². The van der Waals surface area contributed by atoms with Gasteiger partial charge in [0, 0.05) is 15.5 Å². The maximum Gasteiger partial charge on any atom is 0.294 e. The molecule has 6 heteroatoms. The van der Waals surface area contributed by atoms with Gasteiger partial charge >= 0.3 is 0 Å². The number of hydrogen-bond acceptors (Lipinski definition) is 4. The molecule has 170 valence electrons. The van der Waals surface area contributed by atoms with Gasteiger partial charge in [-0.25, -0.2) is 0 Å². The molecule has 34 heavy (non-hydrogen) atoms. The minimum absolute atomic E-state index is 0.00209. The zero-order valence-electron chi connectivity index (χ0n) is 18.7. The summed E-state index contributed by atoms with van der Waals surface area (Å²) in [4.78, 5) is 28.4. The van der Waals surface area contributed by atoms with Crippen LogP contribution in [0.4, 0.5) is 5.69 Å². The van der Waals surface area contributed by atoms with Gasteiger partial charge in [-0.3, -0.25) is 14.5 Å². The van der Waals surface area contributed by atoms with Gasteiger partial charge in [-0.15, -0.1) is 0 Å². The molecular weight excluding hydrogens is 494 g/mol. The highest BCUT2D eigenvalue weighted by Crippen LogP contribution is 2.42. The Kier molecular flexibility index (Phi) is 5.62. The van der Waals surface area contributed by atoms with E-state index in [2.05, 4.69) is 29.8 Å². The van der Waals surface area contributed by atoms with Crippen LogP contribution in [0, 0.1) is 0 Å². The van der Waals surface area contributed by atoms with Crippen molar-refractivity contribution in [2.24, 2.45) is 0 Å². The van der Waals surface area contributed by atoms with Gasteiger partial charge in [0.25, 0.3) is 5.91 Å². The zero-order valence-corrected chi connectivity index (χ0v) is 20.2. The average molecular weight is 516 g/mol. The molecule has 1 amide bonds. The van der Waals surface area contributed by atoms with E-state index in [9.17, 15) is 14.7 Å². The van der Waals surface area contributed by atoms with Crippen molar-refractivity contribution in [3.8, 4) is 0 Å². The fourth-order valence-corrected chi connectivity index (χ4v) is 4.71. The number of carbonyl (C=O) groups is 2. The first-order valence-corrected chi connectivity index (χ1v) is 11.8. The van der Waals surface area contributed by atoms with Gasteiger partial charge in [-0.05, 0) is 53.4 Å². The van der Waals surface area contributed by atoms with E-state index in [-0.39, 0.29) is 11.3 Å². The van der Waals surface area contributed by atoms with E-state index in [0.29, 0.717) is 17.2 Å². The molecule has 1 unspecified atom stereocenters. The second-order valence-corrected chi connectivity index (χ2v) is 9.53. The Balaban J connectivity index is 1.62. The molecule has 1 aliphatic heterocycles. The number of furan rings is 1. The van der Waals surface area contributed by atoms with Crippen LogP contribution >= 0.6 is 15.9 Å². The average Bonchev–Trinajstić information content (AvgIpc) is 3.38. The summed E-state index contributed by atoms with van der Waals surface area (Å²) in [6, 6.07) is 23.1. The first-order valence-electron chi connectivity index (χ1n) is 11.0. The van der Waals surface area contributed by atoms with Crippen LogP contribution in [-0.2, 0) is 4.79 Å². The maximum absolute atomic E-state index is 13.7. The number of aliphatic hydroxyl groups is 1. The number of Topliss-reactive ketones (excluding diaryl/α,β-unsaturated/α-hetero) is 1.